The normalized spacial score (nSPS) is 17.5. The molecule has 0 saturated carbocycles. The van der Waals surface area contributed by atoms with E-state index in [2.05, 4.69) is 41.2 Å². The van der Waals surface area contributed by atoms with E-state index in [-0.39, 0.29) is 12.1 Å². The van der Waals surface area contributed by atoms with E-state index >= 15 is 0 Å². The van der Waals surface area contributed by atoms with Gasteiger partial charge in [-0.25, -0.2) is 9.78 Å². The van der Waals surface area contributed by atoms with E-state index in [1.165, 1.54) is 5.56 Å². The molecule has 3 aromatic carbocycles. The molecule has 8 heteroatoms. The van der Waals surface area contributed by atoms with Gasteiger partial charge in [-0.15, -0.1) is 0 Å². The fourth-order valence-corrected chi connectivity index (χ4v) is 5.38. The standard InChI is InChI=1S/C31H34N4O4/c1-20-4-7-26(8-5-20)39-19-27-18-35(10-12-37-27)31(36)34-11-13-38-30-21(2)14-24(15-25(30)17-34)23-6-9-28-29(16-23)33-22(3)32-28/h4-9,14-16,27H,10-13,17-19H2,1-3H3,(H,32,33). The number of hydrogen-bond donors (Lipinski definition) is 1. The van der Waals surface area contributed by atoms with Gasteiger partial charge in [0.15, 0.2) is 0 Å². The van der Waals surface area contributed by atoms with Crippen molar-refractivity contribution in [3.8, 4) is 22.6 Å². The molecule has 0 bridgehead atoms. The first-order valence-electron chi connectivity index (χ1n) is 13.5. The van der Waals surface area contributed by atoms with Crippen molar-refractivity contribution in [2.24, 2.45) is 0 Å². The Bertz CT molecular complexity index is 1500. The van der Waals surface area contributed by atoms with E-state index in [4.69, 9.17) is 14.2 Å². The van der Waals surface area contributed by atoms with Crippen LogP contribution >= 0.6 is 0 Å². The summed E-state index contributed by atoms with van der Waals surface area (Å²) in [5.74, 6) is 2.58. The molecule has 2 aliphatic heterocycles. The van der Waals surface area contributed by atoms with Gasteiger partial charge in [0.2, 0.25) is 0 Å². The second kappa shape index (κ2) is 10.6. The van der Waals surface area contributed by atoms with Crippen molar-refractivity contribution in [1.82, 2.24) is 19.8 Å². The lowest BCUT2D eigenvalue weighted by Gasteiger charge is -2.36. The van der Waals surface area contributed by atoms with Gasteiger partial charge in [-0.05, 0) is 73.9 Å². The maximum atomic E-state index is 13.7. The molecule has 39 heavy (non-hydrogen) atoms. The number of imidazole rings is 1. The topological polar surface area (TPSA) is 79.9 Å². The molecule has 2 amide bonds. The smallest absolute Gasteiger partial charge is 0.320 e. The minimum Gasteiger partial charge on any atom is -0.491 e. The third-order valence-corrected chi connectivity index (χ3v) is 7.39. The number of ether oxygens (including phenoxy) is 3. The van der Waals surface area contributed by atoms with E-state index in [9.17, 15) is 4.79 Å². The van der Waals surface area contributed by atoms with Crippen LogP contribution in [-0.4, -0.2) is 71.4 Å². The number of carbonyl (C=O) groups is 1. The van der Waals surface area contributed by atoms with Crippen LogP contribution in [0.3, 0.4) is 0 Å². The average Bonchev–Trinajstić information content (AvgIpc) is 3.17. The number of rotatable bonds is 4. The largest absolute Gasteiger partial charge is 0.491 e. The molecule has 0 spiro atoms. The summed E-state index contributed by atoms with van der Waals surface area (Å²) in [7, 11) is 0. The molecule has 1 saturated heterocycles. The fraction of sp³-hybridized carbons (Fsp3) is 0.355. The first kappa shape index (κ1) is 25.2. The third-order valence-electron chi connectivity index (χ3n) is 7.39. The van der Waals surface area contributed by atoms with Crippen molar-refractivity contribution in [2.75, 3.05) is 39.5 Å². The molecule has 3 heterocycles. The fourth-order valence-electron chi connectivity index (χ4n) is 5.38. The first-order chi connectivity index (χ1) is 18.9. The molecular formula is C31H34N4O4. The molecule has 1 unspecified atom stereocenters. The van der Waals surface area contributed by atoms with Crippen molar-refractivity contribution >= 4 is 17.1 Å². The van der Waals surface area contributed by atoms with Gasteiger partial charge in [0, 0.05) is 12.1 Å². The Morgan fingerprint density at radius 1 is 1.00 bits per heavy atom. The van der Waals surface area contributed by atoms with E-state index in [0.717, 1.165) is 50.6 Å². The minimum atomic E-state index is -0.172. The Labute approximate surface area is 228 Å². The van der Waals surface area contributed by atoms with Crippen LogP contribution in [0.5, 0.6) is 11.5 Å². The number of urea groups is 1. The Balaban J connectivity index is 1.17. The number of morpholine rings is 1. The molecule has 1 aromatic heterocycles. The number of nitrogens with one attached hydrogen (secondary N) is 1. The van der Waals surface area contributed by atoms with E-state index in [1.54, 1.807) is 0 Å². The van der Waals surface area contributed by atoms with Crippen LogP contribution in [-0.2, 0) is 11.3 Å². The first-order valence-corrected chi connectivity index (χ1v) is 13.5. The Morgan fingerprint density at radius 3 is 2.67 bits per heavy atom. The highest BCUT2D eigenvalue weighted by atomic mass is 16.5. The summed E-state index contributed by atoms with van der Waals surface area (Å²) in [6.07, 6.45) is -0.172. The van der Waals surface area contributed by atoms with Crippen molar-refractivity contribution in [2.45, 2.75) is 33.4 Å². The zero-order chi connectivity index (χ0) is 26.9. The van der Waals surface area contributed by atoms with Crippen LogP contribution < -0.4 is 9.47 Å². The molecule has 8 nitrogen and oxygen atoms in total. The SMILES string of the molecule is Cc1ccc(OCC2CN(C(=O)N3CCOc4c(C)cc(-c5ccc6nc(C)[nH]c6c5)cc4C3)CCO2)cc1. The summed E-state index contributed by atoms with van der Waals surface area (Å²) in [4.78, 5) is 25.3. The van der Waals surface area contributed by atoms with E-state index < -0.39 is 0 Å². The number of hydrogen-bond acceptors (Lipinski definition) is 5. The number of benzene rings is 3. The molecule has 202 valence electrons. The number of aromatic nitrogens is 2. The maximum absolute atomic E-state index is 13.7. The number of aromatic amines is 1. The van der Waals surface area contributed by atoms with Gasteiger partial charge in [-0.1, -0.05) is 23.8 Å². The molecule has 1 N–H and O–H groups in total. The van der Waals surface area contributed by atoms with Gasteiger partial charge < -0.3 is 29.0 Å². The lowest BCUT2D eigenvalue weighted by molar-refractivity contribution is -0.0394. The number of amides is 2. The van der Waals surface area contributed by atoms with E-state index in [1.807, 2.05) is 54.0 Å². The monoisotopic (exact) mass is 526 g/mol. The highest BCUT2D eigenvalue weighted by Gasteiger charge is 2.30. The summed E-state index contributed by atoms with van der Waals surface area (Å²) in [6.45, 7) is 9.52. The summed E-state index contributed by atoms with van der Waals surface area (Å²) >= 11 is 0. The average molecular weight is 527 g/mol. The molecule has 2 aliphatic rings. The number of nitrogens with zero attached hydrogens (tertiary/aromatic N) is 3. The van der Waals surface area contributed by atoms with Gasteiger partial charge in [0.1, 0.15) is 36.6 Å². The number of aryl methyl sites for hydroxylation is 3. The van der Waals surface area contributed by atoms with Crippen molar-refractivity contribution < 1.29 is 19.0 Å². The predicted octanol–water partition coefficient (Wildman–Crippen LogP) is 5.25. The van der Waals surface area contributed by atoms with Crippen molar-refractivity contribution in [1.29, 1.82) is 0 Å². The third kappa shape index (κ3) is 5.43. The lowest BCUT2D eigenvalue weighted by atomic mass is 9.98. The molecule has 1 fully saturated rings. The molecule has 1 atom stereocenters. The van der Waals surface area contributed by atoms with Crippen molar-refractivity contribution in [3.63, 3.8) is 0 Å². The second-order valence-electron chi connectivity index (χ2n) is 10.5. The molecule has 0 aliphatic carbocycles. The summed E-state index contributed by atoms with van der Waals surface area (Å²) in [5.41, 5.74) is 7.44. The van der Waals surface area contributed by atoms with Gasteiger partial charge >= 0.3 is 6.03 Å². The Kier molecular flexibility index (Phi) is 6.87. The van der Waals surface area contributed by atoms with Crippen LogP contribution in [0.15, 0.2) is 54.6 Å². The maximum Gasteiger partial charge on any atom is 0.320 e. The zero-order valence-electron chi connectivity index (χ0n) is 22.7. The highest BCUT2D eigenvalue weighted by Crippen LogP contribution is 2.34. The van der Waals surface area contributed by atoms with Gasteiger partial charge in [-0.3, -0.25) is 0 Å². The van der Waals surface area contributed by atoms with Gasteiger partial charge in [-0.2, -0.15) is 0 Å². The summed E-state index contributed by atoms with van der Waals surface area (Å²) in [6, 6.07) is 18.5. The highest BCUT2D eigenvalue weighted by molar-refractivity contribution is 5.82. The number of carbonyl (C=O) groups excluding carboxylic acids is 1. The minimum absolute atomic E-state index is 0.00694. The predicted molar refractivity (Wildman–Crippen MR) is 150 cm³/mol. The van der Waals surface area contributed by atoms with Crippen LogP contribution in [0.25, 0.3) is 22.2 Å². The van der Waals surface area contributed by atoms with E-state index in [0.29, 0.717) is 46.0 Å². The Hall–Kier alpha value is -4.04. The molecule has 4 aromatic rings. The number of H-pyrrole nitrogens is 1. The van der Waals surface area contributed by atoms with Crippen molar-refractivity contribution in [3.05, 3.63) is 77.1 Å². The van der Waals surface area contributed by atoms with Gasteiger partial charge in [0.25, 0.3) is 0 Å². The van der Waals surface area contributed by atoms with Crippen LogP contribution in [0.4, 0.5) is 4.79 Å². The summed E-state index contributed by atoms with van der Waals surface area (Å²) in [5, 5.41) is 0. The molecule has 6 rings (SSSR count). The van der Waals surface area contributed by atoms with Crippen LogP contribution in [0, 0.1) is 20.8 Å². The Morgan fingerprint density at radius 2 is 1.82 bits per heavy atom. The summed E-state index contributed by atoms with van der Waals surface area (Å²) < 4.78 is 18.0. The van der Waals surface area contributed by atoms with Gasteiger partial charge in [0.05, 0.1) is 37.3 Å². The van der Waals surface area contributed by atoms with Crippen LogP contribution in [0.1, 0.15) is 22.5 Å². The number of fused-ring (bicyclic) bond motifs is 2. The zero-order valence-corrected chi connectivity index (χ0v) is 22.7. The lowest BCUT2D eigenvalue weighted by Crippen LogP contribution is -2.52. The molecular weight excluding hydrogens is 492 g/mol. The van der Waals surface area contributed by atoms with Crippen LogP contribution in [0.2, 0.25) is 0 Å². The quantitative estimate of drug-likeness (QED) is 0.393. The molecule has 0 radical (unpaired) electrons. The second-order valence-corrected chi connectivity index (χ2v) is 10.5.